The molecule has 2 atom stereocenters. The average molecular weight is 320 g/mol. The fraction of sp³-hybridized carbons (Fsp3) is 0.438. The van der Waals surface area contributed by atoms with Crippen LogP contribution in [0.4, 0.5) is 9.59 Å². The van der Waals surface area contributed by atoms with Gasteiger partial charge in [-0.05, 0) is 12.5 Å². The van der Waals surface area contributed by atoms with E-state index in [1.807, 2.05) is 37.3 Å². The predicted molar refractivity (Wildman–Crippen MR) is 83.0 cm³/mol. The number of primary amides is 1. The number of nitrogens with one attached hydrogen (secondary N) is 1. The van der Waals surface area contributed by atoms with E-state index in [1.54, 1.807) is 0 Å². The van der Waals surface area contributed by atoms with E-state index in [-0.39, 0.29) is 19.2 Å². The molecular formula is C16H22N3O4+. The number of likely N-dealkylation sites (tertiary alicyclic amines) is 1. The summed E-state index contributed by atoms with van der Waals surface area (Å²) in [5, 5.41) is 2.40. The Labute approximate surface area is 135 Å². The standard InChI is InChI=1S/C16H21N3O4/c1-12-6-5-9-19(12,15(17)21)14(20)10-18-16(22)23-11-13-7-3-2-4-8-13/h2-4,7-8,12H,5-6,9-11H2,1H3,(H2-,17,18,21,22)/p+1/t12-,19?/m1/s1. The Morgan fingerprint density at radius 3 is 2.57 bits per heavy atom. The van der Waals surface area contributed by atoms with Gasteiger partial charge in [-0.15, -0.1) is 0 Å². The molecule has 1 fully saturated rings. The van der Waals surface area contributed by atoms with Crippen LogP contribution in [0.15, 0.2) is 30.3 Å². The number of carbonyl (C=O) groups is 3. The molecule has 1 heterocycles. The van der Waals surface area contributed by atoms with E-state index in [1.165, 1.54) is 0 Å². The van der Waals surface area contributed by atoms with E-state index in [2.05, 4.69) is 5.32 Å². The Kier molecular flexibility index (Phi) is 5.33. The fourth-order valence-electron chi connectivity index (χ4n) is 2.96. The fourth-order valence-corrected chi connectivity index (χ4v) is 2.96. The summed E-state index contributed by atoms with van der Waals surface area (Å²) in [7, 11) is 0. The monoisotopic (exact) mass is 320 g/mol. The summed E-state index contributed by atoms with van der Waals surface area (Å²) in [5.41, 5.74) is 6.28. The molecule has 3 N–H and O–H groups in total. The van der Waals surface area contributed by atoms with Gasteiger partial charge in [0.05, 0.1) is 6.54 Å². The largest absolute Gasteiger partial charge is 0.445 e. The number of nitrogens with two attached hydrogens (primary N) is 1. The van der Waals surface area contributed by atoms with Crippen molar-refractivity contribution < 1.29 is 23.6 Å². The molecule has 0 spiro atoms. The lowest BCUT2D eigenvalue weighted by Crippen LogP contribution is -2.63. The number of nitrogens with zero attached hydrogens (tertiary/aromatic N) is 1. The molecule has 1 aromatic carbocycles. The summed E-state index contributed by atoms with van der Waals surface area (Å²) < 4.78 is 4.63. The molecule has 7 nitrogen and oxygen atoms in total. The quantitative estimate of drug-likeness (QED) is 0.822. The van der Waals surface area contributed by atoms with Gasteiger partial charge < -0.3 is 15.8 Å². The van der Waals surface area contributed by atoms with Crippen molar-refractivity contribution in [2.75, 3.05) is 13.1 Å². The minimum Gasteiger partial charge on any atom is -0.445 e. The predicted octanol–water partition coefficient (Wildman–Crippen LogP) is 1.52. The number of hydrogen-bond donors (Lipinski definition) is 2. The lowest BCUT2D eigenvalue weighted by atomic mass is 10.2. The van der Waals surface area contributed by atoms with Crippen LogP contribution in [-0.2, 0) is 16.1 Å². The van der Waals surface area contributed by atoms with Gasteiger partial charge >= 0.3 is 18.0 Å². The maximum absolute atomic E-state index is 12.4. The molecule has 1 aliphatic heterocycles. The van der Waals surface area contributed by atoms with E-state index in [0.29, 0.717) is 6.54 Å². The molecule has 2 rings (SSSR count). The van der Waals surface area contributed by atoms with Crippen molar-refractivity contribution in [3.63, 3.8) is 0 Å². The van der Waals surface area contributed by atoms with Crippen LogP contribution in [0.1, 0.15) is 25.3 Å². The highest BCUT2D eigenvalue weighted by molar-refractivity contribution is 5.86. The molecule has 1 saturated heterocycles. The second-order valence-electron chi connectivity index (χ2n) is 5.73. The molecule has 0 aliphatic carbocycles. The first-order chi connectivity index (χ1) is 11.0. The molecule has 4 amide bonds. The third-order valence-corrected chi connectivity index (χ3v) is 4.32. The number of ether oxygens (including phenoxy) is 1. The molecular weight excluding hydrogens is 298 g/mol. The van der Waals surface area contributed by atoms with Gasteiger partial charge in [0.2, 0.25) is 0 Å². The maximum Gasteiger partial charge on any atom is 0.421 e. The highest BCUT2D eigenvalue weighted by atomic mass is 16.5. The number of rotatable bonds is 4. The molecule has 1 unspecified atom stereocenters. The Balaban J connectivity index is 1.86. The van der Waals surface area contributed by atoms with Crippen molar-refractivity contribution >= 4 is 18.0 Å². The zero-order valence-electron chi connectivity index (χ0n) is 13.2. The van der Waals surface area contributed by atoms with Crippen LogP contribution in [0, 0.1) is 0 Å². The number of carbonyl (C=O) groups excluding carboxylic acids is 3. The van der Waals surface area contributed by atoms with Crippen molar-refractivity contribution in [2.24, 2.45) is 5.73 Å². The SMILES string of the molecule is C[C@@H]1CCC[N+]1(C(N)=O)C(=O)CNC(=O)OCc1ccccc1. The van der Waals surface area contributed by atoms with Crippen molar-refractivity contribution in [2.45, 2.75) is 32.4 Å². The zero-order chi connectivity index (χ0) is 16.9. The highest BCUT2D eigenvalue weighted by Crippen LogP contribution is 2.27. The van der Waals surface area contributed by atoms with Gasteiger partial charge in [-0.25, -0.2) is 14.4 Å². The minimum absolute atomic E-state index is 0.118. The summed E-state index contributed by atoms with van der Waals surface area (Å²) >= 11 is 0. The first kappa shape index (κ1) is 17.0. The van der Waals surface area contributed by atoms with Crippen molar-refractivity contribution in [1.82, 2.24) is 5.32 Å². The van der Waals surface area contributed by atoms with Gasteiger partial charge in [0.25, 0.3) is 0 Å². The topological polar surface area (TPSA) is 98.5 Å². The van der Waals surface area contributed by atoms with E-state index in [4.69, 9.17) is 10.5 Å². The first-order valence-corrected chi connectivity index (χ1v) is 7.62. The molecule has 7 heteroatoms. The van der Waals surface area contributed by atoms with Crippen LogP contribution < -0.4 is 11.1 Å². The zero-order valence-corrected chi connectivity index (χ0v) is 13.2. The molecule has 1 aromatic rings. The number of hydrogen-bond acceptors (Lipinski definition) is 4. The van der Waals surface area contributed by atoms with Crippen molar-refractivity contribution in [3.8, 4) is 0 Å². The second-order valence-corrected chi connectivity index (χ2v) is 5.73. The number of imide groups is 1. The van der Waals surface area contributed by atoms with Crippen molar-refractivity contribution in [1.29, 1.82) is 0 Å². The van der Waals surface area contributed by atoms with E-state index in [9.17, 15) is 14.4 Å². The summed E-state index contributed by atoms with van der Waals surface area (Å²) in [6.07, 6.45) is 0.818. The van der Waals surface area contributed by atoms with Gasteiger partial charge in [0, 0.05) is 12.8 Å². The van der Waals surface area contributed by atoms with Gasteiger partial charge in [-0.2, -0.15) is 4.48 Å². The smallest absolute Gasteiger partial charge is 0.421 e. The van der Waals surface area contributed by atoms with Crippen LogP contribution in [0.25, 0.3) is 0 Å². The molecule has 0 saturated carbocycles. The summed E-state index contributed by atoms with van der Waals surface area (Å²) in [4.78, 5) is 35.8. The van der Waals surface area contributed by atoms with Crippen LogP contribution >= 0.6 is 0 Å². The van der Waals surface area contributed by atoms with E-state index in [0.717, 1.165) is 18.4 Å². The van der Waals surface area contributed by atoms with Gasteiger partial charge in [0.15, 0.2) is 0 Å². The Bertz CT molecular complexity index is 590. The Morgan fingerprint density at radius 2 is 2.00 bits per heavy atom. The van der Waals surface area contributed by atoms with Gasteiger partial charge in [-0.3, -0.25) is 0 Å². The summed E-state index contributed by atoms with van der Waals surface area (Å²) in [5.74, 6) is -0.404. The van der Waals surface area contributed by atoms with E-state index >= 15 is 0 Å². The van der Waals surface area contributed by atoms with E-state index < -0.39 is 22.5 Å². The van der Waals surface area contributed by atoms with Crippen LogP contribution in [-0.4, -0.2) is 41.6 Å². The second kappa shape index (κ2) is 7.23. The molecule has 0 bridgehead atoms. The Morgan fingerprint density at radius 1 is 1.30 bits per heavy atom. The number of quaternary nitrogens is 1. The minimum atomic E-state index is -0.698. The number of amides is 4. The highest BCUT2D eigenvalue weighted by Gasteiger charge is 2.50. The van der Waals surface area contributed by atoms with Gasteiger partial charge in [0.1, 0.15) is 19.2 Å². The Hall–Kier alpha value is -2.41. The molecule has 1 aliphatic rings. The van der Waals surface area contributed by atoms with Gasteiger partial charge in [-0.1, -0.05) is 30.3 Å². The number of benzene rings is 1. The summed E-state index contributed by atoms with van der Waals surface area (Å²) in [6, 6.07) is 8.38. The third kappa shape index (κ3) is 3.68. The molecule has 0 aromatic heterocycles. The number of urea groups is 1. The first-order valence-electron chi connectivity index (χ1n) is 7.62. The molecule has 0 radical (unpaired) electrons. The lowest BCUT2D eigenvalue weighted by molar-refractivity contribution is -0.783. The number of alkyl carbamates (subject to hydrolysis) is 1. The lowest BCUT2D eigenvalue weighted by Gasteiger charge is -2.30. The molecule has 124 valence electrons. The molecule has 23 heavy (non-hydrogen) atoms. The third-order valence-electron chi connectivity index (χ3n) is 4.32. The van der Waals surface area contributed by atoms with Crippen molar-refractivity contribution in [3.05, 3.63) is 35.9 Å². The van der Waals surface area contributed by atoms with Crippen LogP contribution in [0.5, 0.6) is 0 Å². The summed E-state index contributed by atoms with van der Waals surface area (Å²) in [6.45, 7) is 2.05. The average Bonchev–Trinajstić information content (AvgIpc) is 2.94. The van der Waals surface area contributed by atoms with Crippen LogP contribution in [0.2, 0.25) is 0 Å². The maximum atomic E-state index is 12.4. The normalized spacial score (nSPS) is 23.3. The van der Waals surface area contributed by atoms with Crippen LogP contribution in [0.3, 0.4) is 0 Å².